The fourth-order valence-corrected chi connectivity index (χ4v) is 3.01. The van der Waals surface area contributed by atoms with Crippen LogP contribution in [0.4, 0.5) is 5.69 Å². The second-order valence-electron chi connectivity index (χ2n) is 6.22. The molecule has 150 valence electrons. The van der Waals surface area contributed by atoms with Gasteiger partial charge in [0.05, 0.1) is 16.6 Å². The molecule has 2 heterocycles. The van der Waals surface area contributed by atoms with Crippen LogP contribution in [0.5, 0.6) is 5.75 Å². The summed E-state index contributed by atoms with van der Waals surface area (Å²) in [6.07, 6.45) is 1.41. The minimum absolute atomic E-state index is 0.0383. The van der Waals surface area contributed by atoms with Crippen LogP contribution >= 0.6 is 11.6 Å². The molecule has 0 aliphatic carbocycles. The van der Waals surface area contributed by atoms with Gasteiger partial charge >= 0.3 is 0 Å². The smallest absolute Gasteiger partial charge is 0.269 e. The van der Waals surface area contributed by atoms with Gasteiger partial charge in [-0.2, -0.15) is 0 Å². The molecule has 0 amide bonds. The first-order chi connectivity index (χ1) is 14.4. The third kappa shape index (κ3) is 3.68. The van der Waals surface area contributed by atoms with Crippen molar-refractivity contribution >= 4 is 34.0 Å². The molecule has 30 heavy (non-hydrogen) atoms. The number of halogens is 1. The van der Waals surface area contributed by atoms with Crippen molar-refractivity contribution in [3.05, 3.63) is 91.8 Å². The van der Waals surface area contributed by atoms with Gasteiger partial charge in [-0.25, -0.2) is 0 Å². The predicted octanol–water partition coefficient (Wildman–Crippen LogP) is 4.88. The number of carbonyl (C=O) groups is 1. The Morgan fingerprint density at radius 2 is 1.90 bits per heavy atom. The number of hydrogen-bond acceptors (Lipinski definition) is 7. The standard InChI is InChI=1S/C21H12ClNO7/c22-13-5-8-17-15(10-13)19(25)21(20(30-17)18-2-1-9-28-18)29-11-16(24)12-3-6-14(7-4-12)23(26)27/h1-10H,11H2. The highest BCUT2D eigenvalue weighted by atomic mass is 35.5. The van der Waals surface area contributed by atoms with E-state index in [9.17, 15) is 19.7 Å². The number of nitrogens with zero attached hydrogens (tertiary/aromatic N) is 1. The van der Waals surface area contributed by atoms with Crippen molar-refractivity contribution in [1.29, 1.82) is 0 Å². The number of ether oxygens (including phenoxy) is 1. The number of furan rings is 1. The van der Waals surface area contributed by atoms with Crippen molar-refractivity contribution in [2.45, 2.75) is 0 Å². The molecular weight excluding hydrogens is 414 g/mol. The van der Waals surface area contributed by atoms with Gasteiger partial charge in [-0.1, -0.05) is 11.6 Å². The molecule has 2 aromatic carbocycles. The number of nitro groups is 1. The van der Waals surface area contributed by atoms with Crippen molar-refractivity contribution in [1.82, 2.24) is 0 Å². The summed E-state index contributed by atoms with van der Waals surface area (Å²) in [5.74, 6) is -0.381. The zero-order chi connectivity index (χ0) is 21.3. The minimum atomic E-state index is -0.564. The number of rotatable bonds is 6. The second-order valence-corrected chi connectivity index (χ2v) is 6.66. The largest absolute Gasteiger partial charge is 0.478 e. The average molecular weight is 426 g/mol. The van der Waals surface area contributed by atoms with Crippen LogP contribution in [0.15, 0.2) is 74.5 Å². The first-order valence-corrected chi connectivity index (χ1v) is 9.02. The lowest BCUT2D eigenvalue weighted by atomic mass is 10.1. The molecule has 0 aliphatic heterocycles. The van der Waals surface area contributed by atoms with Gasteiger partial charge in [0.2, 0.25) is 16.9 Å². The molecule has 8 nitrogen and oxygen atoms in total. The Hall–Kier alpha value is -3.91. The molecule has 0 aliphatic rings. The number of fused-ring (bicyclic) bond motifs is 1. The van der Waals surface area contributed by atoms with Gasteiger partial charge in [0.1, 0.15) is 5.58 Å². The SMILES string of the molecule is O=C(COc1c(-c2ccco2)oc2ccc(Cl)cc2c1=O)c1ccc([N+](=O)[O-])cc1. The Morgan fingerprint density at radius 1 is 1.13 bits per heavy atom. The first kappa shape index (κ1) is 19.4. The van der Waals surface area contributed by atoms with E-state index in [1.54, 1.807) is 24.3 Å². The van der Waals surface area contributed by atoms with Gasteiger partial charge in [-0.3, -0.25) is 19.7 Å². The summed E-state index contributed by atoms with van der Waals surface area (Å²) in [6.45, 7) is -0.484. The molecule has 0 N–H and O–H groups in total. The topological polar surface area (TPSA) is 113 Å². The molecule has 4 rings (SSSR count). The van der Waals surface area contributed by atoms with Crippen molar-refractivity contribution < 1.29 is 23.3 Å². The minimum Gasteiger partial charge on any atom is -0.478 e. The van der Waals surface area contributed by atoms with Crippen molar-refractivity contribution in [2.75, 3.05) is 6.61 Å². The molecule has 2 aromatic heterocycles. The maximum Gasteiger partial charge on any atom is 0.269 e. The zero-order valence-corrected chi connectivity index (χ0v) is 15.9. The van der Waals surface area contributed by atoms with Gasteiger partial charge in [0.25, 0.3) is 5.69 Å². The summed E-state index contributed by atoms with van der Waals surface area (Å²) < 4.78 is 16.7. The van der Waals surface area contributed by atoms with Crippen LogP contribution in [0.1, 0.15) is 10.4 Å². The molecule has 0 radical (unpaired) electrons. The summed E-state index contributed by atoms with van der Waals surface area (Å²) >= 11 is 5.98. The molecule has 0 saturated heterocycles. The van der Waals surface area contributed by atoms with E-state index in [0.29, 0.717) is 5.02 Å². The van der Waals surface area contributed by atoms with Crippen LogP contribution in [0, 0.1) is 10.1 Å². The fraction of sp³-hybridized carbons (Fsp3) is 0.0476. The Morgan fingerprint density at radius 3 is 2.57 bits per heavy atom. The van der Waals surface area contributed by atoms with Crippen molar-refractivity contribution in [2.24, 2.45) is 0 Å². The third-order valence-electron chi connectivity index (χ3n) is 4.30. The van der Waals surface area contributed by atoms with Gasteiger partial charge in [-0.05, 0) is 42.5 Å². The van der Waals surface area contributed by atoms with Gasteiger partial charge in [0, 0.05) is 22.7 Å². The zero-order valence-electron chi connectivity index (χ0n) is 15.2. The second kappa shape index (κ2) is 7.84. The molecule has 0 unspecified atom stereocenters. The van der Waals surface area contributed by atoms with Crippen LogP contribution in [-0.2, 0) is 0 Å². The first-order valence-electron chi connectivity index (χ1n) is 8.65. The van der Waals surface area contributed by atoms with E-state index in [4.69, 9.17) is 25.2 Å². The molecule has 9 heteroatoms. The quantitative estimate of drug-likeness (QED) is 0.246. The van der Waals surface area contributed by atoms with Crippen molar-refractivity contribution in [3.8, 4) is 17.3 Å². The summed E-state index contributed by atoms with van der Waals surface area (Å²) in [4.78, 5) is 35.6. The lowest BCUT2D eigenvalue weighted by Crippen LogP contribution is -2.17. The number of Topliss-reactive ketones (excluding diaryl/α,β-unsaturated/α-hetero) is 1. The van der Waals surface area contributed by atoms with Gasteiger partial charge in [-0.15, -0.1) is 0 Å². The number of carbonyl (C=O) groups excluding carboxylic acids is 1. The Labute approximate surface area is 173 Å². The molecular formula is C21H12ClNO7. The summed E-state index contributed by atoms with van der Waals surface area (Å²) in [7, 11) is 0. The van der Waals surface area contributed by atoms with Gasteiger partial charge < -0.3 is 13.6 Å². The number of hydrogen-bond donors (Lipinski definition) is 0. The van der Waals surface area contributed by atoms with E-state index in [0.717, 1.165) is 0 Å². The van der Waals surface area contributed by atoms with Crippen molar-refractivity contribution in [3.63, 3.8) is 0 Å². The summed E-state index contributed by atoms with van der Waals surface area (Å²) in [5.41, 5.74) is -0.167. The van der Waals surface area contributed by atoms with E-state index < -0.39 is 22.7 Å². The molecule has 0 saturated carbocycles. The Kier molecular flexibility index (Phi) is 5.07. The lowest BCUT2D eigenvalue weighted by Gasteiger charge is -2.10. The maximum absolute atomic E-state index is 13.0. The highest BCUT2D eigenvalue weighted by molar-refractivity contribution is 6.31. The van der Waals surface area contributed by atoms with E-state index in [2.05, 4.69) is 0 Å². The van der Waals surface area contributed by atoms with Crippen LogP contribution in [0.2, 0.25) is 5.02 Å². The molecule has 0 bridgehead atoms. The highest BCUT2D eigenvalue weighted by Crippen LogP contribution is 2.32. The normalized spacial score (nSPS) is 10.8. The van der Waals surface area contributed by atoms with E-state index in [1.165, 1.54) is 36.6 Å². The van der Waals surface area contributed by atoms with Crippen LogP contribution in [0.3, 0.4) is 0 Å². The fourth-order valence-electron chi connectivity index (χ4n) is 2.84. The monoisotopic (exact) mass is 425 g/mol. The number of ketones is 1. The molecule has 4 aromatic rings. The molecule has 0 fully saturated rings. The van der Waals surface area contributed by atoms with Crippen LogP contribution in [0.25, 0.3) is 22.5 Å². The number of nitro benzene ring substituents is 1. The number of non-ortho nitro benzene ring substituents is 1. The lowest BCUT2D eigenvalue weighted by molar-refractivity contribution is -0.384. The third-order valence-corrected chi connectivity index (χ3v) is 4.54. The van der Waals surface area contributed by atoms with E-state index in [-0.39, 0.29) is 39.5 Å². The average Bonchev–Trinajstić information content (AvgIpc) is 3.28. The highest BCUT2D eigenvalue weighted by Gasteiger charge is 2.21. The van der Waals surface area contributed by atoms with E-state index in [1.807, 2.05) is 0 Å². The maximum atomic E-state index is 13.0. The van der Waals surface area contributed by atoms with Gasteiger partial charge in [0.15, 0.2) is 18.2 Å². The van der Waals surface area contributed by atoms with E-state index >= 15 is 0 Å². The Balaban J connectivity index is 1.69. The van der Waals surface area contributed by atoms with Crippen LogP contribution < -0.4 is 10.2 Å². The Bertz CT molecular complexity index is 1310. The molecule has 0 atom stereocenters. The summed E-state index contributed by atoms with van der Waals surface area (Å²) in [6, 6.07) is 12.9. The molecule has 0 spiro atoms. The predicted molar refractivity (Wildman–Crippen MR) is 108 cm³/mol. The summed E-state index contributed by atoms with van der Waals surface area (Å²) in [5, 5.41) is 11.3. The number of benzene rings is 2. The van der Waals surface area contributed by atoms with Crippen LogP contribution in [-0.4, -0.2) is 17.3 Å².